The molecular formula is C22H19F2N5O3S. The molecule has 4 rings (SSSR count). The molecule has 4 aromatic rings. The number of aromatic nitrogens is 4. The van der Waals surface area contributed by atoms with Gasteiger partial charge in [0.25, 0.3) is 10.0 Å². The van der Waals surface area contributed by atoms with E-state index in [-0.39, 0.29) is 5.69 Å². The third-order valence-electron chi connectivity index (χ3n) is 4.81. The summed E-state index contributed by atoms with van der Waals surface area (Å²) in [5, 5.41) is 0. The summed E-state index contributed by atoms with van der Waals surface area (Å²) in [7, 11) is -4.24. The second-order valence-corrected chi connectivity index (χ2v) is 8.85. The number of sulfonamides is 1. The van der Waals surface area contributed by atoms with Gasteiger partial charge in [-0.05, 0) is 57.2 Å². The molecular weight excluding hydrogens is 452 g/mol. The van der Waals surface area contributed by atoms with E-state index < -0.39 is 26.6 Å². The number of nitrogens with zero attached hydrogens (tertiary/aromatic N) is 4. The summed E-state index contributed by atoms with van der Waals surface area (Å²) in [5.74, 6) is -0.256. The number of rotatable bonds is 6. The van der Waals surface area contributed by atoms with Crippen molar-refractivity contribution in [1.29, 1.82) is 0 Å². The summed E-state index contributed by atoms with van der Waals surface area (Å²) in [6, 6.07) is 9.87. The zero-order valence-electron chi connectivity index (χ0n) is 17.9. The van der Waals surface area contributed by atoms with Gasteiger partial charge in [-0.1, -0.05) is 0 Å². The first-order valence-electron chi connectivity index (χ1n) is 9.75. The minimum Gasteiger partial charge on any atom is -0.439 e. The van der Waals surface area contributed by atoms with E-state index in [1.807, 2.05) is 18.4 Å². The van der Waals surface area contributed by atoms with Crippen molar-refractivity contribution in [3.8, 4) is 17.4 Å². The fourth-order valence-electron chi connectivity index (χ4n) is 3.05. The summed E-state index contributed by atoms with van der Waals surface area (Å²) in [6.45, 7) is 5.57. The summed E-state index contributed by atoms with van der Waals surface area (Å²) < 4.78 is 61.7. The highest BCUT2D eigenvalue weighted by Gasteiger charge is 2.20. The molecule has 0 aliphatic rings. The van der Waals surface area contributed by atoms with Crippen LogP contribution in [0.3, 0.4) is 0 Å². The first-order valence-corrected chi connectivity index (χ1v) is 11.2. The maximum atomic E-state index is 13.9. The second-order valence-electron chi connectivity index (χ2n) is 7.20. The molecule has 0 saturated heterocycles. The third-order valence-corrected chi connectivity index (χ3v) is 6.23. The van der Waals surface area contributed by atoms with Gasteiger partial charge in [-0.15, -0.1) is 0 Å². The highest BCUT2D eigenvalue weighted by molar-refractivity contribution is 7.92. The van der Waals surface area contributed by atoms with Crippen molar-refractivity contribution >= 4 is 15.7 Å². The van der Waals surface area contributed by atoms with E-state index in [0.717, 1.165) is 23.5 Å². The fourth-order valence-corrected chi connectivity index (χ4v) is 4.16. The van der Waals surface area contributed by atoms with E-state index in [9.17, 15) is 17.2 Å². The Kier molecular flexibility index (Phi) is 5.81. The maximum absolute atomic E-state index is 13.9. The Morgan fingerprint density at radius 1 is 0.970 bits per heavy atom. The lowest BCUT2D eigenvalue weighted by atomic mass is 10.3. The van der Waals surface area contributed by atoms with Crippen molar-refractivity contribution in [2.45, 2.75) is 25.7 Å². The molecule has 0 radical (unpaired) electrons. The van der Waals surface area contributed by atoms with Crippen LogP contribution in [0.4, 0.5) is 14.5 Å². The number of ether oxygens (including phenoxy) is 1. The molecule has 8 nitrogen and oxygen atoms in total. The molecule has 0 fully saturated rings. The predicted octanol–water partition coefficient (Wildman–Crippen LogP) is 4.46. The number of hydrogen-bond donors (Lipinski definition) is 1. The standard InChI is InChI=1S/C22H19F2N5O3S/c1-13-14(2)29(12-25-13)21-11-22(27-15(3)26-21)32-18-7-5-17(6-8-18)28-33(30,31)20-9-4-16(23)10-19(20)24/h4-12,28H,1-3H3. The quantitative estimate of drug-likeness (QED) is 0.446. The fraction of sp³-hybridized carbons (Fsp3) is 0.136. The monoisotopic (exact) mass is 471 g/mol. The molecule has 11 heteroatoms. The van der Waals surface area contributed by atoms with Gasteiger partial charge >= 0.3 is 0 Å². The van der Waals surface area contributed by atoms with Crippen molar-refractivity contribution < 1.29 is 21.9 Å². The molecule has 0 aliphatic carbocycles. The van der Waals surface area contributed by atoms with Gasteiger partial charge in [0.1, 0.15) is 40.2 Å². The lowest BCUT2D eigenvalue weighted by Gasteiger charge is -2.11. The topological polar surface area (TPSA) is 99.0 Å². The van der Waals surface area contributed by atoms with E-state index in [4.69, 9.17) is 4.74 Å². The Morgan fingerprint density at radius 3 is 2.33 bits per heavy atom. The average molecular weight is 471 g/mol. The van der Waals surface area contributed by atoms with Gasteiger partial charge in [0, 0.05) is 23.5 Å². The number of halogens is 2. The summed E-state index contributed by atoms with van der Waals surface area (Å²) in [6.07, 6.45) is 1.67. The van der Waals surface area contributed by atoms with Crippen LogP contribution in [0.2, 0.25) is 0 Å². The van der Waals surface area contributed by atoms with Gasteiger partial charge in [0.05, 0.1) is 5.69 Å². The molecule has 0 amide bonds. The first-order chi connectivity index (χ1) is 15.6. The van der Waals surface area contributed by atoms with Gasteiger partial charge < -0.3 is 4.74 Å². The number of aryl methyl sites for hydroxylation is 2. The number of imidazole rings is 1. The van der Waals surface area contributed by atoms with Crippen LogP contribution in [0.5, 0.6) is 11.6 Å². The Morgan fingerprint density at radius 2 is 1.70 bits per heavy atom. The van der Waals surface area contributed by atoms with Gasteiger partial charge in [-0.2, -0.15) is 4.98 Å². The lowest BCUT2D eigenvalue weighted by Crippen LogP contribution is -2.14. The van der Waals surface area contributed by atoms with Crippen molar-refractivity contribution in [2.75, 3.05) is 4.72 Å². The second kappa shape index (κ2) is 8.58. The van der Waals surface area contributed by atoms with E-state index in [1.54, 1.807) is 19.3 Å². The molecule has 2 aromatic heterocycles. The van der Waals surface area contributed by atoms with Crippen molar-refractivity contribution in [2.24, 2.45) is 0 Å². The molecule has 2 heterocycles. The largest absolute Gasteiger partial charge is 0.439 e. The predicted molar refractivity (Wildman–Crippen MR) is 117 cm³/mol. The van der Waals surface area contributed by atoms with Crippen LogP contribution < -0.4 is 9.46 Å². The highest BCUT2D eigenvalue weighted by Crippen LogP contribution is 2.25. The Labute approximate surface area is 189 Å². The Balaban J connectivity index is 1.53. The molecule has 170 valence electrons. The van der Waals surface area contributed by atoms with Crippen molar-refractivity contribution in [3.63, 3.8) is 0 Å². The first kappa shape index (κ1) is 22.3. The molecule has 0 spiro atoms. The summed E-state index contributed by atoms with van der Waals surface area (Å²) in [5.41, 5.74) is 2.00. The van der Waals surface area contributed by atoms with Crippen LogP contribution in [0, 0.1) is 32.4 Å². The van der Waals surface area contributed by atoms with Crippen LogP contribution in [0.1, 0.15) is 17.2 Å². The lowest BCUT2D eigenvalue weighted by molar-refractivity contribution is 0.459. The molecule has 0 bridgehead atoms. The third kappa shape index (κ3) is 4.82. The summed E-state index contributed by atoms with van der Waals surface area (Å²) in [4.78, 5) is 12.3. The SMILES string of the molecule is Cc1nc(Oc2ccc(NS(=O)(=O)c3ccc(F)cc3F)cc2)cc(-n2cnc(C)c2C)n1. The smallest absolute Gasteiger partial charge is 0.264 e. The zero-order chi connectivity index (χ0) is 23.8. The molecule has 0 atom stereocenters. The average Bonchev–Trinajstić information content (AvgIpc) is 3.07. The normalized spacial score (nSPS) is 11.4. The number of nitrogens with one attached hydrogen (secondary N) is 1. The van der Waals surface area contributed by atoms with E-state index in [1.165, 1.54) is 24.3 Å². The van der Waals surface area contributed by atoms with Crippen LogP contribution >= 0.6 is 0 Å². The van der Waals surface area contributed by atoms with Crippen molar-refractivity contribution in [3.05, 3.63) is 83.7 Å². The maximum Gasteiger partial charge on any atom is 0.264 e. The minimum absolute atomic E-state index is 0.176. The number of anilines is 1. The van der Waals surface area contributed by atoms with E-state index in [0.29, 0.717) is 29.3 Å². The molecule has 0 unspecified atom stereocenters. The highest BCUT2D eigenvalue weighted by atomic mass is 32.2. The van der Waals surface area contributed by atoms with Gasteiger partial charge in [-0.3, -0.25) is 9.29 Å². The van der Waals surface area contributed by atoms with Gasteiger partial charge in [0.2, 0.25) is 5.88 Å². The van der Waals surface area contributed by atoms with Gasteiger partial charge in [-0.25, -0.2) is 27.2 Å². The van der Waals surface area contributed by atoms with E-state index >= 15 is 0 Å². The molecule has 33 heavy (non-hydrogen) atoms. The van der Waals surface area contributed by atoms with Crippen molar-refractivity contribution in [1.82, 2.24) is 19.5 Å². The zero-order valence-corrected chi connectivity index (χ0v) is 18.7. The van der Waals surface area contributed by atoms with Crippen LogP contribution in [-0.2, 0) is 10.0 Å². The number of benzene rings is 2. The Bertz CT molecular complexity index is 1440. The van der Waals surface area contributed by atoms with E-state index in [2.05, 4.69) is 19.7 Å². The molecule has 1 N–H and O–H groups in total. The number of hydrogen-bond acceptors (Lipinski definition) is 6. The molecule has 0 saturated carbocycles. The summed E-state index contributed by atoms with van der Waals surface area (Å²) >= 11 is 0. The van der Waals surface area contributed by atoms with Crippen LogP contribution in [-0.4, -0.2) is 27.9 Å². The Hall–Kier alpha value is -3.86. The van der Waals surface area contributed by atoms with Crippen LogP contribution in [0.25, 0.3) is 5.82 Å². The molecule has 0 aliphatic heterocycles. The minimum atomic E-state index is -4.24. The molecule has 2 aromatic carbocycles. The van der Waals surface area contributed by atoms with Gasteiger partial charge in [0.15, 0.2) is 0 Å². The van der Waals surface area contributed by atoms with Crippen LogP contribution in [0.15, 0.2) is 59.8 Å².